The van der Waals surface area contributed by atoms with Crippen LogP contribution in [0.25, 0.3) is 0 Å². The fourth-order valence-electron chi connectivity index (χ4n) is 2.03. The van der Waals surface area contributed by atoms with Gasteiger partial charge in [-0.15, -0.1) is 0 Å². The number of nitrogen functional groups attached to an aromatic ring is 1. The molecule has 1 aliphatic rings. The maximum Gasteiger partial charge on any atom is 0.254 e. The largest absolute Gasteiger partial charge is 0.338 e. The van der Waals surface area contributed by atoms with E-state index in [1.54, 1.807) is 23.7 Å². The van der Waals surface area contributed by atoms with Gasteiger partial charge in [-0.2, -0.15) is 11.8 Å². The Bertz CT molecular complexity index is 469. The Morgan fingerprint density at radius 2 is 2.11 bits per heavy atom. The lowest BCUT2D eigenvalue weighted by atomic mass is 10.1. The van der Waals surface area contributed by atoms with Crippen molar-refractivity contribution < 1.29 is 13.6 Å². The molecule has 7 heteroatoms. The molecular weight excluding hydrogens is 272 g/mol. The second kappa shape index (κ2) is 5.75. The summed E-state index contributed by atoms with van der Waals surface area (Å²) in [4.78, 5) is 13.7. The van der Waals surface area contributed by atoms with Crippen molar-refractivity contribution in [1.29, 1.82) is 0 Å². The van der Waals surface area contributed by atoms with Crippen LogP contribution < -0.4 is 11.3 Å². The zero-order valence-corrected chi connectivity index (χ0v) is 11.3. The van der Waals surface area contributed by atoms with E-state index in [2.05, 4.69) is 0 Å². The summed E-state index contributed by atoms with van der Waals surface area (Å²) in [5, 5.41) is 0. The summed E-state index contributed by atoms with van der Waals surface area (Å²) in [6, 6.07) is 2.12. The molecule has 0 spiro atoms. The lowest BCUT2D eigenvalue weighted by molar-refractivity contribution is 0.0747. The second-order valence-electron chi connectivity index (χ2n) is 4.39. The molecule has 1 unspecified atom stereocenters. The molecule has 1 amide bonds. The number of hydrazine groups is 1. The topological polar surface area (TPSA) is 58.4 Å². The summed E-state index contributed by atoms with van der Waals surface area (Å²) < 4.78 is 27.1. The minimum absolute atomic E-state index is 0.00611. The summed E-state index contributed by atoms with van der Waals surface area (Å²) in [7, 11) is 1.66. The van der Waals surface area contributed by atoms with Crippen molar-refractivity contribution in [2.24, 2.45) is 5.84 Å². The number of benzene rings is 1. The molecule has 3 N–H and O–H groups in total. The summed E-state index contributed by atoms with van der Waals surface area (Å²) in [6.07, 6.45) is 0.903. The zero-order chi connectivity index (χ0) is 14.0. The molecule has 1 atom stereocenters. The average molecular weight is 287 g/mol. The van der Waals surface area contributed by atoms with E-state index in [4.69, 9.17) is 5.84 Å². The highest BCUT2D eigenvalue weighted by Crippen LogP contribution is 2.24. The van der Waals surface area contributed by atoms with Crippen LogP contribution in [0.5, 0.6) is 0 Å². The van der Waals surface area contributed by atoms with Gasteiger partial charge >= 0.3 is 0 Å². The molecule has 4 nitrogen and oxygen atoms in total. The van der Waals surface area contributed by atoms with Gasteiger partial charge in [0.15, 0.2) is 11.6 Å². The molecular formula is C12H15F2N3OS. The molecule has 1 heterocycles. The highest BCUT2D eigenvalue weighted by molar-refractivity contribution is 7.99. The van der Waals surface area contributed by atoms with Gasteiger partial charge in [0.1, 0.15) is 5.69 Å². The van der Waals surface area contributed by atoms with Crippen LogP contribution in [0.2, 0.25) is 0 Å². The Morgan fingerprint density at radius 3 is 2.58 bits per heavy atom. The van der Waals surface area contributed by atoms with Crippen LogP contribution in [0, 0.1) is 11.6 Å². The maximum absolute atomic E-state index is 13.6. The summed E-state index contributed by atoms with van der Waals surface area (Å²) >= 11 is 1.77. The molecule has 0 aliphatic carbocycles. The van der Waals surface area contributed by atoms with E-state index in [-0.39, 0.29) is 17.5 Å². The van der Waals surface area contributed by atoms with Gasteiger partial charge in [-0.05, 0) is 24.3 Å². The van der Waals surface area contributed by atoms with Crippen LogP contribution in [0.4, 0.5) is 14.5 Å². The fraction of sp³-hybridized carbons (Fsp3) is 0.417. The highest BCUT2D eigenvalue weighted by Gasteiger charge is 2.25. The predicted octanol–water partition coefficient (Wildman–Crippen LogP) is 1.83. The molecule has 0 bridgehead atoms. The molecule has 19 heavy (non-hydrogen) atoms. The smallest absolute Gasteiger partial charge is 0.254 e. The van der Waals surface area contributed by atoms with Gasteiger partial charge in [0.25, 0.3) is 5.91 Å². The molecule has 2 rings (SSSR count). The third-order valence-corrected chi connectivity index (χ3v) is 4.35. The number of thioether (sulfide) groups is 1. The van der Waals surface area contributed by atoms with Crippen molar-refractivity contribution in [3.8, 4) is 0 Å². The number of halogens is 2. The van der Waals surface area contributed by atoms with Crippen LogP contribution in [0.15, 0.2) is 12.1 Å². The van der Waals surface area contributed by atoms with Gasteiger partial charge in [-0.1, -0.05) is 0 Å². The monoisotopic (exact) mass is 287 g/mol. The number of hydrogen-bond acceptors (Lipinski definition) is 4. The molecule has 0 saturated carbocycles. The SMILES string of the molecule is CN(C(=O)c1cc(F)c(NN)c(F)c1)C1CCSC1. The molecule has 1 fully saturated rings. The maximum atomic E-state index is 13.6. The van der Waals surface area contributed by atoms with Gasteiger partial charge < -0.3 is 10.3 Å². The van der Waals surface area contributed by atoms with Crippen molar-refractivity contribution in [2.45, 2.75) is 12.5 Å². The van der Waals surface area contributed by atoms with Crippen LogP contribution in [-0.4, -0.2) is 35.4 Å². The quantitative estimate of drug-likeness (QED) is 0.658. The van der Waals surface area contributed by atoms with Crippen molar-refractivity contribution in [3.05, 3.63) is 29.3 Å². The number of nitrogens with two attached hydrogens (primary N) is 1. The normalized spacial score (nSPS) is 18.4. The molecule has 1 aromatic rings. The molecule has 104 valence electrons. The lowest BCUT2D eigenvalue weighted by Gasteiger charge is -2.24. The fourth-order valence-corrected chi connectivity index (χ4v) is 3.30. The Morgan fingerprint density at radius 1 is 1.47 bits per heavy atom. The van der Waals surface area contributed by atoms with E-state index in [1.165, 1.54) is 0 Å². The van der Waals surface area contributed by atoms with E-state index in [1.807, 2.05) is 5.43 Å². The Hall–Kier alpha value is -1.34. The predicted molar refractivity (Wildman–Crippen MR) is 72.0 cm³/mol. The van der Waals surface area contributed by atoms with Crippen LogP contribution >= 0.6 is 11.8 Å². The van der Waals surface area contributed by atoms with Crippen molar-refractivity contribution >= 4 is 23.4 Å². The lowest BCUT2D eigenvalue weighted by Crippen LogP contribution is -2.37. The number of anilines is 1. The number of nitrogens with one attached hydrogen (secondary N) is 1. The molecule has 1 aromatic carbocycles. The summed E-state index contributed by atoms with van der Waals surface area (Å²) in [5.74, 6) is 4.74. The Kier molecular flexibility index (Phi) is 4.26. The first-order chi connectivity index (χ1) is 9.04. The zero-order valence-electron chi connectivity index (χ0n) is 10.5. The van der Waals surface area contributed by atoms with Gasteiger partial charge in [0.05, 0.1) is 0 Å². The van der Waals surface area contributed by atoms with Crippen LogP contribution in [0.1, 0.15) is 16.8 Å². The van der Waals surface area contributed by atoms with Gasteiger partial charge in [0, 0.05) is 24.4 Å². The van der Waals surface area contributed by atoms with Crippen LogP contribution in [-0.2, 0) is 0 Å². The number of amides is 1. The number of carbonyl (C=O) groups excluding carboxylic acids is 1. The highest BCUT2D eigenvalue weighted by atomic mass is 32.2. The molecule has 1 saturated heterocycles. The standard InChI is InChI=1S/C12H15F2N3OS/c1-17(8-2-3-19-6-8)12(18)7-4-9(13)11(16-15)10(14)5-7/h4-5,8,16H,2-3,6,15H2,1H3. The van der Waals surface area contributed by atoms with Crippen molar-refractivity contribution in [1.82, 2.24) is 4.90 Å². The number of rotatable bonds is 3. The van der Waals surface area contributed by atoms with Gasteiger partial charge in [-0.3, -0.25) is 10.6 Å². The van der Waals surface area contributed by atoms with E-state index >= 15 is 0 Å². The number of hydrogen-bond donors (Lipinski definition) is 2. The van der Waals surface area contributed by atoms with E-state index in [0.717, 1.165) is 30.1 Å². The first-order valence-electron chi connectivity index (χ1n) is 5.85. The first kappa shape index (κ1) is 14.1. The second-order valence-corrected chi connectivity index (χ2v) is 5.54. The first-order valence-corrected chi connectivity index (χ1v) is 7.00. The average Bonchev–Trinajstić information content (AvgIpc) is 2.90. The summed E-state index contributed by atoms with van der Waals surface area (Å²) in [5.41, 5.74) is 1.50. The molecule has 0 aromatic heterocycles. The van der Waals surface area contributed by atoms with Crippen LogP contribution in [0.3, 0.4) is 0 Å². The minimum atomic E-state index is -0.875. The number of nitrogens with zero attached hydrogens (tertiary/aromatic N) is 1. The minimum Gasteiger partial charge on any atom is -0.338 e. The Labute approximate surface area is 114 Å². The molecule has 1 aliphatic heterocycles. The third-order valence-electron chi connectivity index (χ3n) is 3.21. The molecule has 0 radical (unpaired) electrons. The van der Waals surface area contributed by atoms with Gasteiger partial charge in [0.2, 0.25) is 0 Å². The third kappa shape index (κ3) is 2.82. The van der Waals surface area contributed by atoms with Crippen molar-refractivity contribution in [3.63, 3.8) is 0 Å². The van der Waals surface area contributed by atoms with E-state index < -0.39 is 17.3 Å². The van der Waals surface area contributed by atoms with Gasteiger partial charge in [-0.25, -0.2) is 8.78 Å². The van der Waals surface area contributed by atoms with Crippen molar-refractivity contribution in [2.75, 3.05) is 24.0 Å². The Balaban J connectivity index is 2.23. The van der Waals surface area contributed by atoms with E-state index in [0.29, 0.717) is 0 Å². The van der Waals surface area contributed by atoms with E-state index in [9.17, 15) is 13.6 Å². The number of carbonyl (C=O) groups is 1. The summed E-state index contributed by atoms with van der Waals surface area (Å²) in [6.45, 7) is 0.